The first kappa shape index (κ1) is 22.0. The predicted molar refractivity (Wildman–Crippen MR) is 106 cm³/mol. The van der Waals surface area contributed by atoms with Gasteiger partial charge in [-0.3, -0.25) is 20.4 Å². The van der Waals surface area contributed by atoms with Gasteiger partial charge in [0, 0.05) is 12.0 Å². The summed E-state index contributed by atoms with van der Waals surface area (Å²) in [6.07, 6.45) is 1.86. The molecule has 0 aliphatic carbocycles. The maximum atomic E-state index is 12.3. The van der Waals surface area contributed by atoms with E-state index >= 15 is 0 Å². The summed E-state index contributed by atoms with van der Waals surface area (Å²) in [7, 11) is -6.86. The highest BCUT2D eigenvalue weighted by molar-refractivity contribution is 7.91. The lowest BCUT2D eigenvalue weighted by Gasteiger charge is -2.10. The fourth-order valence-corrected chi connectivity index (χ4v) is 5.85. The van der Waals surface area contributed by atoms with Crippen LogP contribution in [0.4, 0.5) is 0 Å². The van der Waals surface area contributed by atoms with Crippen LogP contribution < -0.4 is 15.6 Å². The fourth-order valence-electron chi connectivity index (χ4n) is 2.99. The Bertz CT molecular complexity index is 1110. The number of hydrogen-bond donors (Lipinski definition) is 3. The molecule has 30 heavy (non-hydrogen) atoms. The maximum absolute atomic E-state index is 12.3. The van der Waals surface area contributed by atoms with E-state index in [4.69, 9.17) is 4.42 Å². The third kappa shape index (κ3) is 5.90. The topological polar surface area (TPSA) is 152 Å². The molecule has 0 saturated carbocycles. The summed E-state index contributed by atoms with van der Waals surface area (Å²) in [6.45, 7) is -0.00804. The second-order valence-electron chi connectivity index (χ2n) is 6.90. The molecule has 2 amide bonds. The van der Waals surface area contributed by atoms with Gasteiger partial charge in [-0.2, -0.15) is 0 Å². The summed E-state index contributed by atoms with van der Waals surface area (Å²) >= 11 is 0. The Hall–Kier alpha value is -2.70. The first-order valence-corrected chi connectivity index (χ1v) is 12.4. The highest BCUT2D eigenvalue weighted by Crippen LogP contribution is 2.21. The van der Waals surface area contributed by atoms with Crippen molar-refractivity contribution in [2.24, 2.45) is 5.92 Å². The van der Waals surface area contributed by atoms with Crippen molar-refractivity contribution in [2.45, 2.75) is 24.3 Å². The summed E-state index contributed by atoms with van der Waals surface area (Å²) in [4.78, 5) is 24.0. The molecular weight excluding hydrogens is 434 g/mol. The number of amides is 2. The van der Waals surface area contributed by atoms with Crippen molar-refractivity contribution in [2.75, 3.05) is 11.5 Å². The van der Waals surface area contributed by atoms with Gasteiger partial charge in [-0.1, -0.05) is 0 Å². The Morgan fingerprint density at radius 2 is 1.83 bits per heavy atom. The molecule has 10 nitrogen and oxygen atoms in total. The number of carbonyl (C=O) groups excluding carboxylic acids is 2. The van der Waals surface area contributed by atoms with E-state index < -0.39 is 31.7 Å². The van der Waals surface area contributed by atoms with Crippen LogP contribution in [0.1, 0.15) is 29.0 Å². The number of hydrazine groups is 1. The number of carbonyl (C=O) groups is 2. The van der Waals surface area contributed by atoms with Gasteiger partial charge in [-0.05, 0) is 48.7 Å². The Morgan fingerprint density at radius 1 is 1.10 bits per heavy atom. The van der Waals surface area contributed by atoms with Crippen LogP contribution in [-0.4, -0.2) is 40.2 Å². The lowest BCUT2D eigenvalue weighted by atomic mass is 10.1. The number of nitrogens with one attached hydrogen (secondary N) is 3. The Morgan fingerprint density at radius 3 is 2.43 bits per heavy atom. The number of rotatable bonds is 7. The van der Waals surface area contributed by atoms with Gasteiger partial charge >= 0.3 is 0 Å². The van der Waals surface area contributed by atoms with Crippen LogP contribution in [0.5, 0.6) is 0 Å². The molecule has 2 heterocycles. The summed E-state index contributed by atoms with van der Waals surface area (Å²) in [5.74, 6) is -0.881. The van der Waals surface area contributed by atoms with E-state index in [0.29, 0.717) is 12.2 Å². The second kappa shape index (κ2) is 8.98. The third-order valence-electron chi connectivity index (χ3n) is 4.56. The standard InChI is InChI=1S/C18H21N3O7S2/c22-17(10-13-7-9-29(24,25)12-13)20-21-18(23)14-3-5-16(6-4-14)30(26,27)19-11-15-2-1-8-28-15/h1-6,8,13,19H,7,9-12H2,(H,20,22)(H,21,23). The largest absolute Gasteiger partial charge is 0.468 e. The van der Waals surface area contributed by atoms with Crippen molar-refractivity contribution in [3.63, 3.8) is 0 Å². The van der Waals surface area contributed by atoms with Crippen LogP contribution in [0.3, 0.4) is 0 Å². The molecule has 0 bridgehead atoms. The van der Waals surface area contributed by atoms with Crippen LogP contribution in [0.15, 0.2) is 52.0 Å². The summed E-state index contributed by atoms with van der Waals surface area (Å²) in [5, 5.41) is 0. The van der Waals surface area contributed by atoms with Gasteiger partial charge in [-0.25, -0.2) is 21.6 Å². The van der Waals surface area contributed by atoms with Crippen molar-refractivity contribution in [3.05, 3.63) is 54.0 Å². The smallest absolute Gasteiger partial charge is 0.269 e. The van der Waals surface area contributed by atoms with Gasteiger partial charge in [0.15, 0.2) is 9.84 Å². The maximum Gasteiger partial charge on any atom is 0.269 e. The van der Waals surface area contributed by atoms with Crippen LogP contribution in [-0.2, 0) is 31.2 Å². The molecule has 162 valence electrons. The third-order valence-corrected chi connectivity index (χ3v) is 7.81. The van der Waals surface area contributed by atoms with Gasteiger partial charge in [0.1, 0.15) is 5.76 Å². The zero-order chi connectivity index (χ0) is 21.8. The van der Waals surface area contributed by atoms with E-state index in [1.807, 2.05) is 0 Å². The summed E-state index contributed by atoms with van der Waals surface area (Å²) in [5.41, 5.74) is 4.61. The molecule has 0 radical (unpaired) electrons. The van der Waals surface area contributed by atoms with Crippen LogP contribution >= 0.6 is 0 Å². The average Bonchev–Trinajstić information content (AvgIpc) is 3.34. The molecule has 1 aromatic heterocycles. The van der Waals surface area contributed by atoms with Crippen molar-refractivity contribution < 1.29 is 30.8 Å². The van der Waals surface area contributed by atoms with Gasteiger partial charge < -0.3 is 4.42 Å². The average molecular weight is 456 g/mol. The molecule has 2 aromatic rings. The number of furan rings is 1. The SMILES string of the molecule is O=C(CC1CCS(=O)(=O)C1)NNC(=O)c1ccc(S(=O)(=O)NCc2ccco2)cc1. The molecule has 3 rings (SSSR count). The number of benzene rings is 1. The normalized spacial score (nSPS) is 18.1. The minimum Gasteiger partial charge on any atom is -0.468 e. The predicted octanol–water partition coefficient (Wildman–Crippen LogP) is 0.344. The highest BCUT2D eigenvalue weighted by atomic mass is 32.2. The molecular formula is C18H21N3O7S2. The first-order chi connectivity index (χ1) is 14.1. The van der Waals surface area contributed by atoms with Crippen molar-refractivity contribution >= 4 is 31.7 Å². The Kier molecular flexibility index (Phi) is 6.58. The van der Waals surface area contributed by atoms with E-state index in [1.165, 1.54) is 30.5 Å². The van der Waals surface area contributed by atoms with Gasteiger partial charge in [0.2, 0.25) is 15.9 Å². The van der Waals surface area contributed by atoms with Gasteiger partial charge in [-0.15, -0.1) is 0 Å². The van der Waals surface area contributed by atoms with Crippen molar-refractivity contribution in [3.8, 4) is 0 Å². The molecule has 1 aliphatic heterocycles. The van der Waals surface area contributed by atoms with Crippen LogP contribution in [0, 0.1) is 5.92 Å². The van der Waals surface area contributed by atoms with Gasteiger partial charge in [0.25, 0.3) is 5.91 Å². The summed E-state index contributed by atoms with van der Waals surface area (Å²) < 4.78 is 54.9. The molecule has 1 saturated heterocycles. The van der Waals surface area contributed by atoms with E-state index in [-0.39, 0.29) is 40.8 Å². The molecule has 1 aromatic carbocycles. The monoisotopic (exact) mass is 455 g/mol. The molecule has 12 heteroatoms. The van der Waals surface area contributed by atoms with E-state index in [9.17, 15) is 26.4 Å². The Labute approximate surface area is 174 Å². The lowest BCUT2D eigenvalue weighted by Crippen LogP contribution is -2.42. The molecule has 0 spiro atoms. The molecule has 3 N–H and O–H groups in total. The number of sulfone groups is 1. The zero-order valence-electron chi connectivity index (χ0n) is 15.8. The van der Waals surface area contributed by atoms with Crippen LogP contribution in [0.25, 0.3) is 0 Å². The zero-order valence-corrected chi connectivity index (χ0v) is 17.5. The molecule has 1 atom stereocenters. The number of sulfonamides is 1. The molecule has 1 fully saturated rings. The van der Waals surface area contributed by atoms with Gasteiger partial charge in [0.05, 0.1) is 29.2 Å². The van der Waals surface area contributed by atoms with Crippen molar-refractivity contribution in [1.29, 1.82) is 0 Å². The minimum atomic E-state index is -3.79. The Balaban J connectivity index is 1.50. The fraction of sp³-hybridized carbons (Fsp3) is 0.333. The highest BCUT2D eigenvalue weighted by Gasteiger charge is 2.29. The van der Waals surface area contributed by atoms with Crippen molar-refractivity contribution in [1.82, 2.24) is 15.6 Å². The van der Waals surface area contributed by atoms with E-state index in [0.717, 1.165) is 0 Å². The molecule has 1 aliphatic rings. The first-order valence-electron chi connectivity index (χ1n) is 9.06. The molecule has 1 unspecified atom stereocenters. The minimum absolute atomic E-state index is 0.00195. The summed E-state index contributed by atoms with van der Waals surface area (Å²) in [6, 6.07) is 8.44. The van der Waals surface area contributed by atoms with E-state index in [2.05, 4.69) is 15.6 Å². The lowest BCUT2D eigenvalue weighted by molar-refractivity contribution is -0.122. The quantitative estimate of drug-likeness (QED) is 0.509. The second-order valence-corrected chi connectivity index (χ2v) is 10.9. The van der Waals surface area contributed by atoms with Crippen LogP contribution in [0.2, 0.25) is 0 Å². The number of hydrogen-bond acceptors (Lipinski definition) is 7. The van der Waals surface area contributed by atoms with E-state index in [1.54, 1.807) is 12.1 Å².